The number of azide groups is 1. The fourth-order valence-electron chi connectivity index (χ4n) is 15.7. The minimum absolute atomic E-state index is 0.0315. The molecule has 0 aliphatic heterocycles. The average molecular weight is 1600 g/mol. The smallest absolute Gasteiger partial charge is 0.308 e. The molecule has 5 aromatic carbocycles. The van der Waals surface area contributed by atoms with Crippen molar-refractivity contribution in [2.24, 2.45) is 10.8 Å². The molecule has 0 fully saturated rings. The van der Waals surface area contributed by atoms with Crippen molar-refractivity contribution in [2.75, 3.05) is 33.5 Å². The van der Waals surface area contributed by atoms with Crippen LogP contribution in [0, 0.1) is 13.8 Å². The average Bonchev–Trinajstić information content (AvgIpc) is 0.802. The number of benzene rings is 5. The number of nitrogens with two attached hydrogens (primary N) is 1. The molecule has 646 valence electrons. The van der Waals surface area contributed by atoms with Crippen molar-refractivity contribution in [3.63, 3.8) is 0 Å². The Morgan fingerprint density at radius 1 is 0.457 bits per heavy atom. The molecule has 0 aliphatic rings. The van der Waals surface area contributed by atoms with Crippen LogP contribution in [0.5, 0.6) is 23.0 Å². The van der Waals surface area contributed by atoms with Gasteiger partial charge in [0.2, 0.25) is 17.7 Å². The van der Waals surface area contributed by atoms with Crippen LogP contribution in [-0.4, -0.2) is 80.9 Å². The van der Waals surface area contributed by atoms with E-state index in [4.69, 9.17) is 34.9 Å². The number of rotatable bonds is 69. The number of amides is 3. The zero-order valence-electron chi connectivity index (χ0n) is 74.0. The van der Waals surface area contributed by atoms with E-state index in [1.807, 2.05) is 84.9 Å². The van der Waals surface area contributed by atoms with Gasteiger partial charge in [0.25, 0.3) is 0 Å². The Hall–Kier alpha value is -7.55. The molecule has 0 bridgehead atoms. The molecule has 116 heavy (non-hydrogen) atoms. The van der Waals surface area contributed by atoms with Crippen LogP contribution in [0.3, 0.4) is 0 Å². The lowest BCUT2D eigenvalue weighted by molar-refractivity contribution is -0.156. The number of hydrogen-bond acceptors (Lipinski definition) is 11. The second-order valence-corrected chi connectivity index (χ2v) is 34.0. The number of methoxy groups -OCH3 is 1. The van der Waals surface area contributed by atoms with Crippen molar-refractivity contribution in [1.82, 2.24) is 16.0 Å². The highest BCUT2D eigenvalue weighted by molar-refractivity contribution is 5.94. The number of carbonyl (C=O) groups excluding carboxylic acids is 4. The van der Waals surface area contributed by atoms with Gasteiger partial charge in [0, 0.05) is 29.5 Å². The molecule has 0 saturated carbocycles. The van der Waals surface area contributed by atoms with Crippen molar-refractivity contribution >= 4 is 23.7 Å². The van der Waals surface area contributed by atoms with Crippen LogP contribution in [0.15, 0.2) is 108 Å². The lowest BCUT2D eigenvalue weighted by Crippen LogP contribution is -2.57. The summed E-state index contributed by atoms with van der Waals surface area (Å²) in [6, 6.07) is 29.6. The van der Waals surface area contributed by atoms with E-state index in [2.05, 4.69) is 78.8 Å². The van der Waals surface area contributed by atoms with Gasteiger partial charge in [-0.3, -0.25) is 19.2 Å². The first-order valence-electron chi connectivity index (χ1n) is 46.3. The second-order valence-electron chi connectivity index (χ2n) is 34.0. The molecule has 16 heteroatoms. The van der Waals surface area contributed by atoms with Gasteiger partial charge in [-0.15, -0.1) is 0 Å². The molecule has 0 spiro atoms. The molecule has 4 atom stereocenters. The molecule has 0 saturated heterocycles. The summed E-state index contributed by atoms with van der Waals surface area (Å²) in [6.07, 6.45) is 55.9. The predicted octanol–water partition coefficient (Wildman–Crippen LogP) is 25.9. The summed E-state index contributed by atoms with van der Waals surface area (Å²) >= 11 is 0. The highest BCUT2D eigenvalue weighted by atomic mass is 16.6. The maximum absolute atomic E-state index is 15.7. The topological polar surface area (TPSA) is 225 Å². The van der Waals surface area contributed by atoms with Gasteiger partial charge in [-0.2, -0.15) is 0 Å². The molecular formula is C100H157N7O9. The van der Waals surface area contributed by atoms with Gasteiger partial charge < -0.3 is 45.4 Å². The predicted molar refractivity (Wildman–Crippen MR) is 481 cm³/mol. The third-order valence-electron chi connectivity index (χ3n) is 22.3. The monoisotopic (exact) mass is 1600 g/mol. The molecule has 1 unspecified atom stereocenters. The van der Waals surface area contributed by atoms with Crippen LogP contribution < -0.4 is 40.6 Å². The van der Waals surface area contributed by atoms with Crippen LogP contribution in [-0.2, 0) is 43.2 Å². The summed E-state index contributed by atoms with van der Waals surface area (Å²) in [5, 5.41) is 13.1. The molecule has 0 aliphatic carbocycles. The largest absolute Gasteiger partial charge is 0.497 e. The Kier molecular flexibility index (Phi) is 52.7. The van der Waals surface area contributed by atoms with E-state index in [9.17, 15) is 9.59 Å². The molecular weight excluding hydrogens is 1440 g/mol. The van der Waals surface area contributed by atoms with E-state index >= 15 is 9.59 Å². The van der Waals surface area contributed by atoms with Gasteiger partial charge in [0.15, 0.2) is 0 Å². The molecule has 3 amide bonds. The van der Waals surface area contributed by atoms with Gasteiger partial charge in [-0.05, 0) is 161 Å². The van der Waals surface area contributed by atoms with Gasteiger partial charge in [0.05, 0.1) is 45.4 Å². The Bertz CT molecular complexity index is 3470. The lowest BCUT2D eigenvalue weighted by atomic mass is 9.95. The number of aryl methyl sites for hydroxylation is 4. The quantitative estimate of drug-likeness (QED) is 0.00947. The van der Waals surface area contributed by atoms with Crippen LogP contribution in [0.25, 0.3) is 21.6 Å². The van der Waals surface area contributed by atoms with Gasteiger partial charge in [-0.25, -0.2) is 0 Å². The standard InChI is InChI=1S/C100H157N7O9/c1-10-13-15-17-19-21-23-25-27-29-31-33-35-37-39-41-43-45-47-50-69-114-88-65-67-90(94(77-88)115-71-51-48-46-44-42-40-38-36-34-32-30-28-26-24-22-20-18-16-14-11-2)96(85-60-62-86(112-9)63-61-85)106-98(110)92(55-53-54-82-73-79(4)72-80(5)74-82)104-99(111)93(105-97(109)91(101)78-95(108)116-100(6,7)8)75-81-56-58-84(59-57-81)89-66-64-87(76-83(89)12-3)113-70-52-49-68-103-107-102/h56-67,72-74,76-77,91-93,96H,10-55,68-71,75,78,101H2,1-9H3,(H,104,111)(H,105,109)(H,106,110)/t91-,92-,93-,96?/m0/s1. The summed E-state index contributed by atoms with van der Waals surface area (Å²) in [4.78, 5) is 61.4. The number of nitrogens with one attached hydrogen (secondary N) is 3. The number of carbonyl (C=O) groups is 4. The molecule has 5 rings (SSSR count). The number of hydrogen-bond donors (Lipinski definition) is 4. The van der Waals surface area contributed by atoms with Crippen LogP contribution >= 0.6 is 0 Å². The fourth-order valence-corrected chi connectivity index (χ4v) is 15.7. The molecule has 5 aromatic rings. The second kappa shape index (κ2) is 61.7. The van der Waals surface area contributed by atoms with E-state index in [-0.39, 0.29) is 12.8 Å². The fraction of sp³-hybridized carbons (Fsp3) is 0.660. The molecule has 5 N–H and O–H groups in total. The van der Waals surface area contributed by atoms with Crippen LogP contribution in [0.2, 0.25) is 0 Å². The van der Waals surface area contributed by atoms with E-state index in [1.165, 1.54) is 225 Å². The van der Waals surface area contributed by atoms with Gasteiger partial charge in [-0.1, -0.05) is 342 Å². The van der Waals surface area contributed by atoms with Crippen molar-refractivity contribution < 1.29 is 42.9 Å². The normalized spacial score (nSPS) is 12.5. The number of ether oxygens (including phenoxy) is 5. The highest BCUT2D eigenvalue weighted by Crippen LogP contribution is 2.36. The van der Waals surface area contributed by atoms with Crippen molar-refractivity contribution in [3.05, 3.63) is 153 Å². The third-order valence-corrected chi connectivity index (χ3v) is 22.3. The van der Waals surface area contributed by atoms with Crippen molar-refractivity contribution in [1.29, 1.82) is 0 Å². The van der Waals surface area contributed by atoms with E-state index in [0.717, 1.165) is 107 Å². The number of esters is 1. The van der Waals surface area contributed by atoms with Gasteiger partial charge >= 0.3 is 5.97 Å². The first-order valence-corrected chi connectivity index (χ1v) is 46.3. The Morgan fingerprint density at radius 3 is 1.35 bits per heavy atom. The maximum Gasteiger partial charge on any atom is 0.308 e. The number of nitrogens with zero attached hydrogens (tertiary/aromatic N) is 3. The minimum Gasteiger partial charge on any atom is -0.497 e. The summed E-state index contributed by atoms with van der Waals surface area (Å²) in [5.74, 6) is 0.339. The van der Waals surface area contributed by atoms with Crippen molar-refractivity contribution in [3.8, 4) is 34.1 Å². The summed E-state index contributed by atoms with van der Waals surface area (Å²) in [5.41, 5.74) is 23.0. The SMILES string of the molecule is CCCCCCCCCCCCCCCCCCCCCCOc1ccc(C(NC(=O)[C@H](CCCc2cc(C)cc(C)c2)NC(=O)[C@H](Cc2ccc(-c3ccc(OCCCCN=[N+]=[N-])cc3CC)cc2)NC(=O)[C@@H](N)CC(=O)OC(C)(C)C)c2ccc(OC)cc2)c(OCCCCCCCCCCCCCCCCCCCCCC)c1. The first-order chi connectivity index (χ1) is 56.4. The van der Waals surface area contributed by atoms with Gasteiger partial charge in [0.1, 0.15) is 40.7 Å². The highest BCUT2D eigenvalue weighted by Gasteiger charge is 2.32. The van der Waals surface area contributed by atoms with E-state index < -0.39 is 59.9 Å². The Balaban J connectivity index is 1.35. The Morgan fingerprint density at radius 2 is 0.888 bits per heavy atom. The molecule has 0 heterocycles. The maximum atomic E-state index is 15.7. The molecule has 16 nitrogen and oxygen atoms in total. The summed E-state index contributed by atoms with van der Waals surface area (Å²) in [6.45, 7) is 18.1. The van der Waals surface area contributed by atoms with Crippen LogP contribution in [0.4, 0.5) is 0 Å². The zero-order valence-corrected chi connectivity index (χ0v) is 74.0. The number of unbranched alkanes of at least 4 members (excludes halogenated alkanes) is 39. The molecule has 0 aromatic heterocycles. The van der Waals surface area contributed by atoms with E-state index in [1.54, 1.807) is 27.9 Å². The minimum atomic E-state index is -1.34. The van der Waals surface area contributed by atoms with Crippen molar-refractivity contribution in [2.45, 2.75) is 393 Å². The lowest BCUT2D eigenvalue weighted by Gasteiger charge is -2.28. The zero-order chi connectivity index (χ0) is 83.5. The Labute approximate surface area is 703 Å². The molecule has 0 radical (unpaired) electrons. The summed E-state index contributed by atoms with van der Waals surface area (Å²) in [7, 11) is 1.63. The first kappa shape index (κ1) is 99.0. The van der Waals surface area contributed by atoms with E-state index in [0.29, 0.717) is 56.5 Å². The summed E-state index contributed by atoms with van der Waals surface area (Å²) < 4.78 is 30.8. The third kappa shape index (κ3) is 44.3. The van der Waals surface area contributed by atoms with Crippen LogP contribution in [0.1, 0.15) is 375 Å².